The first kappa shape index (κ1) is 12.6. The SMILES string of the molecule is CCC(C)C(C)NC1CC(N)c2ccccc21. The van der Waals surface area contributed by atoms with Crippen molar-refractivity contribution in [3.63, 3.8) is 0 Å². The van der Waals surface area contributed by atoms with E-state index in [1.807, 2.05) is 0 Å². The second-order valence-corrected chi connectivity index (χ2v) is 5.36. The number of rotatable bonds is 4. The summed E-state index contributed by atoms with van der Waals surface area (Å²) in [5, 5.41) is 3.74. The molecule has 1 aromatic rings. The fourth-order valence-electron chi connectivity index (χ4n) is 2.67. The number of hydrogen-bond donors (Lipinski definition) is 2. The summed E-state index contributed by atoms with van der Waals surface area (Å²) in [6, 6.07) is 9.75. The Kier molecular flexibility index (Phi) is 3.85. The van der Waals surface area contributed by atoms with Crippen molar-refractivity contribution in [2.75, 3.05) is 0 Å². The van der Waals surface area contributed by atoms with Crippen molar-refractivity contribution in [2.24, 2.45) is 11.7 Å². The minimum absolute atomic E-state index is 0.202. The van der Waals surface area contributed by atoms with Crippen molar-refractivity contribution in [1.82, 2.24) is 5.32 Å². The number of hydrogen-bond acceptors (Lipinski definition) is 2. The van der Waals surface area contributed by atoms with Crippen molar-refractivity contribution in [1.29, 1.82) is 0 Å². The van der Waals surface area contributed by atoms with E-state index in [1.165, 1.54) is 17.5 Å². The van der Waals surface area contributed by atoms with Gasteiger partial charge in [-0.3, -0.25) is 0 Å². The maximum atomic E-state index is 6.18. The van der Waals surface area contributed by atoms with Gasteiger partial charge in [-0.1, -0.05) is 44.5 Å². The molecule has 0 aromatic heterocycles. The van der Waals surface area contributed by atoms with Crippen LogP contribution in [0.25, 0.3) is 0 Å². The third-order valence-electron chi connectivity index (χ3n) is 4.22. The summed E-state index contributed by atoms with van der Waals surface area (Å²) in [6.45, 7) is 6.83. The zero-order valence-electron chi connectivity index (χ0n) is 11.1. The zero-order chi connectivity index (χ0) is 12.4. The van der Waals surface area contributed by atoms with Crippen molar-refractivity contribution in [3.05, 3.63) is 35.4 Å². The molecule has 2 rings (SSSR count). The minimum atomic E-state index is 0.202. The van der Waals surface area contributed by atoms with Crippen LogP contribution < -0.4 is 11.1 Å². The number of benzene rings is 1. The van der Waals surface area contributed by atoms with Crippen LogP contribution in [-0.4, -0.2) is 6.04 Å². The molecule has 1 aromatic carbocycles. The predicted octanol–water partition coefficient (Wildman–Crippen LogP) is 3.16. The Morgan fingerprint density at radius 1 is 1.29 bits per heavy atom. The lowest BCUT2D eigenvalue weighted by Crippen LogP contribution is -2.34. The molecule has 0 fully saturated rings. The highest BCUT2D eigenvalue weighted by molar-refractivity contribution is 5.37. The molecule has 0 bridgehead atoms. The topological polar surface area (TPSA) is 38.0 Å². The van der Waals surface area contributed by atoms with E-state index in [0.29, 0.717) is 18.0 Å². The van der Waals surface area contributed by atoms with Crippen LogP contribution in [0.2, 0.25) is 0 Å². The summed E-state index contributed by atoms with van der Waals surface area (Å²) in [5.41, 5.74) is 8.90. The summed E-state index contributed by atoms with van der Waals surface area (Å²) in [4.78, 5) is 0. The molecule has 0 heterocycles. The lowest BCUT2D eigenvalue weighted by atomic mass is 9.99. The largest absolute Gasteiger partial charge is 0.324 e. The van der Waals surface area contributed by atoms with E-state index in [4.69, 9.17) is 5.73 Å². The molecule has 0 spiro atoms. The molecule has 0 aliphatic heterocycles. The molecule has 2 heteroatoms. The predicted molar refractivity (Wildman–Crippen MR) is 72.8 cm³/mol. The van der Waals surface area contributed by atoms with Crippen LogP contribution in [-0.2, 0) is 0 Å². The standard InChI is InChI=1S/C15H24N2/c1-4-10(2)11(3)17-15-9-14(16)12-7-5-6-8-13(12)15/h5-8,10-11,14-15,17H,4,9,16H2,1-3H3. The normalized spacial score (nSPS) is 26.6. The van der Waals surface area contributed by atoms with E-state index in [0.717, 1.165) is 6.42 Å². The quantitative estimate of drug-likeness (QED) is 0.837. The highest BCUT2D eigenvalue weighted by Gasteiger charge is 2.29. The second kappa shape index (κ2) is 5.19. The Morgan fingerprint density at radius 3 is 2.59 bits per heavy atom. The first-order valence-electron chi connectivity index (χ1n) is 6.74. The van der Waals surface area contributed by atoms with Crippen LogP contribution in [0, 0.1) is 5.92 Å². The first-order chi connectivity index (χ1) is 8.13. The van der Waals surface area contributed by atoms with E-state index >= 15 is 0 Å². The van der Waals surface area contributed by atoms with Gasteiger partial charge in [-0.05, 0) is 30.4 Å². The molecule has 94 valence electrons. The average Bonchev–Trinajstić information content (AvgIpc) is 2.66. The van der Waals surface area contributed by atoms with Gasteiger partial charge in [0.2, 0.25) is 0 Å². The van der Waals surface area contributed by atoms with Gasteiger partial charge < -0.3 is 11.1 Å². The summed E-state index contributed by atoms with van der Waals surface area (Å²) in [6.07, 6.45) is 2.24. The lowest BCUT2D eigenvalue weighted by Gasteiger charge is -2.25. The van der Waals surface area contributed by atoms with Crippen LogP contribution >= 0.6 is 0 Å². The molecule has 4 atom stereocenters. The summed E-state index contributed by atoms with van der Waals surface area (Å²) in [5.74, 6) is 0.707. The fourth-order valence-corrected chi connectivity index (χ4v) is 2.67. The molecule has 3 N–H and O–H groups in total. The number of fused-ring (bicyclic) bond motifs is 1. The maximum Gasteiger partial charge on any atom is 0.0344 e. The Morgan fingerprint density at radius 2 is 1.94 bits per heavy atom. The Bertz CT molecular complexity index is 375. The molecular formula is C15H24N2. The van der Waals surface area contributed by atoms with E-state index in [2.05, 4.69) is 50.4 Å². The Hall–Kier alpha value is -0.860. The molecule has 0 radical (unpaired) electrons. The summed E-state index contributed by atoms with van der Waals surface area (Å²) in [7, 11) is 0. The maximum absolute atomic E-state index is 6.18. The summed E-state index contributed by atoms with van der Waals surface area (Å²) < 4.78 is 0. The molecule has 2 nitrogen and oxygen atoms in total. The molecule has 4 unspecified atom stereocenters. The van der Waals surface area contributed by atoms with Gasteiger partial charge in [-0.2, -0.15) is 0 Å². The van der Waals surface area contributed by atoms with Gasteiger partial charge in [0.05, 0.1) is 0 Å². The van der Waals surface area contributed by atoms with Crippen LogP contribution in [0.1, 0.15) is 56.8 Å². The lowest BCUT2D eigenvalue weighted by molar-refractivity contribution is 0.343. The number of nitrogens with one attached hydrogen (secondary N) is 1. The molecule has 0 saturated carbocycles. The number of nitrogens with two attached hydrogens (primary N) is 1. The van der Waals surface area contributed by atoms with Crippen LogP contribution in [0.3, 0.4) is 0 Å². The second-order valence-electron chi connectivity index (χ2n) is 5.36. The highest BCUT2D eigenvalue weighted by atomic mass is 15.0. The molecule has 1 aliphatic carbocycles. The third-order valence-corrected chi connectivity index (χ3v) is 4.22. The van der Waals surface area contributed by atoms with E-state index in [1.54, 1.807) is 0 Å². The zero-order valence-corrected chi connectivity index (χ0v) is 11.1. The molecular weight excluding hydrogens is 208 g/mol. The first-order valence-corrected chi connectivity index (χ1v) is 6.74. The fraction of sp³-hybridized carbons (Fsp3) is 0.600. The average molecular weight is 232 g/mol. The van der Waals surface area contributed by atoms with Crippen molar-refractivity contribution in [3.8, 4) is 0 Å². The highest BCUT2D eigenvalue weighted by Crippen LogP contribution is 2.37. The van der Waals surface area contributed by atoms with E-state index in [9.17, 15) is 0 Å². The van der Waals surface area contributed by atoms with Crippen LogP contribution in [0.15, 0.2) is 24.3 Å². The molecule has 0 amide bonds. The monoisotopic (exact) mass is 232 g/mol. The minimum Gasteiger partial charge on any atom is -0.324 e. The van der Waals surface area contributed by atoms with Gasteiger partial charge in [0.25, 0.3) is 0 Å². The van der Waals surface area contributed by atoms with Crippen molar-refractivity contribution in [2.45, 2.75) is 51.7 Å². The van der Waals surface area contributed by atoms with Gasteiger partial charge in [-0.15, -0.1) is 0 Å². The van der Waals surface area contributed by atoms with Gasteiger partial charge in [0.1, 0.15) is 0 Å². The molecule has 1 aliphatic rings. The van der Waals surface area contributed by atoms with E-state index in [-0.39, 0.29) is 6.04 Å². The third kappa shape index (κ3) is 2.53. The van der Waals surface area contributed by atoms with Crippen LogP contribution in [0.4, 0.5) is 0 Å². The van der Waals surface area contributed by atoms with E-state index < -0.39 is 0 Å². The van der Waals surface area contributed by atoms with Gasteiger partial charge in [-0.25, -0.2) is 0 Å². The van der Waals surface area contributed by atoms with Gasteiger partial charge in [0, 0.05) is 18.1 Å². The smallest absolute Gasteiger partial charge is 0.0344 e. The molecule has 17 heavy (non-hydrogen) atoms. The Labute approximate surface area is 105 Å². The van der Waals surface area contributed by atoms with Gasteiger partial charge in [0.15, 0.2) is 0 Å². The van der Waals surface area contributed by atoms with Gasteiger partial charge >= 0.3 is 0 Å². The van der Waals surface area contributed by atoms with Crippen molar-refractivity contribution < 1.29 is 0 Å². The van der Waals surface area contributed by atoms with Crippen molar-refractivity contribution >= 4 is 0 Å². The summed E-state index contributed by atoms with van der Waals surface area (Å²) >= 11 is 0. The molecule has 0 saturated heterocycles. The van der Waals surface area contributed by atoms with Crippen LogP contribution in [0.5, 0.6) is 0 Å². The Balaban J connectivity index is 2.10.